The van der Waals surface area contributed by atoms with Gasteiger partial charge >= 0.3 is 0 Å². The molecule has 0 bridgehead atoms. The molecule has 0 aliphatic rings. The van der Waals surface area contributed by atoms with Gasteiger partial charge in [0.1, 0.15) is 5.82 Å². The molecule has 4 nitrogen and oxygen atoms in total. The van der Waals surface area contributed by atoms with E-state index in [0.717, 1.165) is 29.2 Å². The molecule has 0 amide bonds. The first-order valence-electron chi connectivity index (χ1n) is 7.10. The van der Waals surface area contributed by atoms with Crippen LogP contribution in [0.15, 0.2) is 55.1 Å². The van der Waals surface area contributed by atoms with E-state index in [1.807, 2.05) is 37.5 Å². The third-order valence-corrected chi connectivity index (χ3v) is 3.53. The lowest BCUT2D eigenvalue weighted by atomic mass is 10.1. The topological polar surface area (TPSA) is 43.6 Å². The summed E-state index contributed by atoms with van der Waals surface area (Å²) in [4.78, 5) is 13.1. The standard InChI is InChI=1S/C17H18N4/c1-13-4-3-5-16(20-13)12-14(2)21-11-10-19-17(21)15-6-8-18-9-7-15/h3-11,14H,12H2,1-2H3/t14-/m0/s1. The number of pyridine rings is 2. The van der Waals surface area contributed by atoms with Gasteiger partial charge in [-0.3, -0.25) is 9.97 Å². The number of imidazole rings is 1. The molecule has 3 heterocycles. The van der Waals surface area contributed by atoms with Crippen LogP contribution in [0, 0.1) is 6.92 Å². The Morgan fingerprint density at radius 1 is 1.10 bits per heavy atom. The highest BCUT2D eigenvalue weighted by Gasteiger charge is 2.12. The van der Waals surface area contributed by atoms with Gasteiger partial charge in [0.15, 0.2) is 0 Å². The number of aromatic nitrogens is 4. The summed E-state index contributed by atoms with van der Waals surface area (Å²) in [5.74, 6) is 0.970. The van der Waals surface area contributed by atoms with Gasteiger partial charge in [0.25, 0.3) is 0 Å². The third kappa shape index (κ3) is 2.99. The first-order chi connectivity index (χ1) is 10.2. The Morgan fingerprint density at radius 2 is 1.90 bits per heavy atom. The summed E-state index contributed by atoms with van der Waals surface area (Å²) in [6.45, 7) is 4.21. The predicted molar refractivity (Wildman–Crippen MR) is 82.8 cm³/mol. The molecule has 0 saturated carbocycles. The molecule has 0 fully saturated rings. The molecule has 0 saturated heterocycles. The van der Waals surface area contributed by atoms with E-state index < -0.39 is 0 Å². The van der Waals surface area contributed by atoms with Crippen LogP contribution in [-0.4, -0.2) is 19.5 Å². The van der Waals surface area contributed by atoms with E-state index in [-0.39, 0.29) is 0 Å². The van der Waals surface area contributed by atoms with E-state index in [4.69, 9.17) is 0 Å². The summed E-state index contributed by atoms with van der Waals surface area (Å²) in [7, 11) is 0. The molecular formula is C17H18N4. The second-order valence-electron chi connectivity index (χ2n) is 5.22. The maximum absolute atomic E-state index is 4.58. The molecule has 0 aliphatic carbocycles. The van der Waals surface area contributed by atoms with E-state index in [0.29, 0.717) is 6.04 Å². The Hall–Kier alpha value is -2.49. The van der Waals surface area contributed by atoms with Crippen LogP contribution in [0.25, 0.3) is 11.4 Å². The molecule has 0 radical (unpaired) electrons. The van der Waals surface area contributed by atoms with Crippen LogP contribution in [0.2, 0.25) is 0 Å². The van der Waals surface area contributed by atoms with Crippen molar-refractivity contribution in [2.24, 2.45) is 0 Å². The molecule has 21 heavy (non-hydrogen) atoms. The van der Waals surface area contributed by atoms with Crippen LogP contribution >= 0.6 is 0 Å². The fourth-order valence-electron chi connectivity index (χ4n) is 2.51. The smallest absolute Gasteiger partial charge is 0.140 e. The number of aryl methyl sites for hydroxylation is 1. The second-order valence-corrected chi connectivity index (χ2v) is 5.22. The minimum Gasteiger partial charge on any atom is -0.328 e. The molecule has 0 spiro atoms. The van der Waals surface area contributed by atoms with Crippen molar-refractivity contribution in [2.45, 2.75) is 26.3 Å². The van der Waals surface area contributed by atoms with Crippen molar-refractivity contribution >= 4 is 0 Å². The Balaban J connectivity index is 1.86. The van der Waals surface area contributed by atoms with Crippen LogP contribution in [0.4, 0.5) is 0 Å². The van der Waals surface area contributed by atoms with Crippen molar-refractivity contribution in [3.8, 4) is 11.4 Å². The van der Waals surface area contributed by atoms with Gasteiger partial charge < -0.3 is 4.57 Å². The first-order valence-corrected chi connectivity index (χ1v) is 7.10. The summed E-state index contributed by atoms with van der Waals surface area (Å²) in [6.07, 6.45) is 8.34. The molecule has 106 valence electrons. The molecule has 3 aromatic rings. The zero-order valence-corrected chi connectivity index (χ0v) is 12.3. The van der Waals surface area contributed by atoms with Crippen molar-refractivity contribution in [1.82, 2.24) is 19.5 Å². The zero-order valence-electron chi connectivity index (χ0n) is 12.3. The summed E-state index contributed by atoms with van der Waals surface area (Å²) in [6, 6.07) is 10.4. The van der Waals surface area contributed by atoms with E-state index in [1.54, 1.807) is 12.4 Å². The lowest BCUT2D eigenvalue weighted by molar-refractivity contribution is 0.543. The average Bonchev–Trinajstić information content (AvgIpc) is 2.98. The van der Waals surface area contributed by atoms with Crippen LogP contribution in [0.5, 0.6) is 0 Å². The van der Waals surface area contributed by atoms with Gasteiger partial charge in [-0.25, -0.2) is 4.98 Å². The minimum absolute atomic E-state index is 0.296. The number of hydrogen-bond acceptors (Lipinski definition) is 3. The highest BCUT2D eigenvalue weighted by Crippen LogP contribution is 2.22. The molecule has 4 heteroatoms. The molecule has 0 N–H and O–H groups in total. The average molecular weight is 278 g/mol. The number of nitrogens with zero attached hydrogens (tertiary/aromatic N) is 4. The molecule has 0 aromatic carbocycles. The number of hydrogen-bond donors (Lipinski definition) is 0. The van der Waals surface area contributed by atoms with Gasteiger partial charge in [-0.05, 0) is 38.1 Å². The molecule has 1 atom stereocenters. The van der Waals surface area contributed by atoms with Crippen LogP contribution in [0.1, 0.15) is 24.4 Å². The lowest BCUT2D eigenvalue weighted by Crippen LogP contribution is -2.10. The van der Waals surface area contributed by atoms with Gasteiger partial charge in [-0.2, -0.15) is 0 Å². The van der Waals surface area contributed by atoms with Crippen LogP contribution in [-0.2, 0) is 6.42 Å². The number of rotatable bonds is 4. The van der Waals surface area contributed by atoms with Gasteiger partial charge in [0.2, 0.25) is 0 Å². The maximum Gasteiger partial charge on any atom is 0.140 e. The van der Waals surface area contributed by atoms with Crippen molar-refractivity contribution in [3.05, 3.63) is 66.5 Å². The molecular weight excluding hydrogens is 260 g/mol. The Bertz CT molecular complexity index is 718. The SMILES string of the molecule is Cc1cccc(C[C@H](C)n2ccnc2-c2ccncc2)n1. The molecule has 3 rings (SSSR count). The maximum atomic E-state index is 4.58. The Kier molecular flexibility index (Phi) is 3.77. The largest absolute Gasteiger partial charge is 0.328 e. The van der Waals surface area contributed by atoms with Gasteiger partial charge in [-0.1, -0.05) is 6.07 Å². The molecule has 0 unspecified atom stereocenters. The lowest BCUT2D eigenvalue weighted by Gasteiger charge is -2.16. The first kappa shape index (κ1) is 13.5. The third-order valence-electron chi connectivity index (χ3n) is 3.53. The van der Waals surface area contributed by atoms with E-state index in [9.17, 15) is 0 Å². The normalized spacial score (nSPS) is 12.3. The van der Waals surface area contributed by atoms with Crippen LogP contribution in [0.3, 0.4) is 0 Å². The van der Waals surface area contributed by atoms with Gasteiger partial charge in [0, 0.05) is 54.2 Å². The summed E-state index contributed by atoms with van der Waals surface area (Å²) < 4.78 is 2.19. The zero-order chi connectivity index (χ0) is 14.7. The van der Waals surface area contributed by atoms with Crippen molar-refractivity contribution in [1.29, 1.82) is 0 Å². The summed E-state index contributed by atoms with van der Waals surface area (Å²) in [5.41, 5.74) is 3.25. The van der Waals surface area contributed by atoms with Crippen LogP contribution < -0.4 is 0 Å². The Labute approximate surface area is 124 Å². The van der Waals surface area contributed by atoms with Gasteiger partial charge in [0.05, 0.1) is 0 Å². The van der Waals surface area contributed by atoms with E-state index in [2.05, 4.69) is 38.6 Å². The predicted octanol–water partition coefficient (Wildman–Crippen LogP) is 3.45. The van der Waals surface area contributed by atoms with E-state index in [1.165, 1.54) is 0 Å². The minimum atomic E-state index is 0.296. The van der Waals surface area contributed by atoms with Crippen molar-refractivity contribution in [2.75, 3.05) is 0 Å². The Morgan fingerprint density at radius 3 is 2.67 bits per heavy atom. The van der Waals surface area contributed by atoms with Crippen molar-refractivity contribution in [3.63, 3.8) is 0 Å². The second kappa shape index (κ2) is 5.87. The highest BCUT2D eigenvalue weighted by atomic mass is 15.1. The summed E-state index contributed by atoms with van der Waals surface area (Å²) in [5, 5.41) is 0. The highest BCUT2D eigenvalue weighted by molar-refractivity contribution is 5.54. The monoisotopic (exact) mass is 278 g/mol. The van der Waals surface area contributed by atoms with Crippen molar-refractivity contribution < 1.29 is 0 Å². The fourth-order valence-corrected chi connectivity index (χ4v) is 2.51. The summed E-state index contributed by atoms with van der Waals surface area (Å²) >= 11 is 0. The molecule has 3 aromatic heterocycles. The molecule has 0 aliphatic heterocycles. The fraction of sp³-hybridized carbons (Fsp3) is 0.235. The van der Waals surface area contributed by atoms with Gasteiger partial charge in [-0.15, -0.1) is 0 Å². The van der Waals surface area contributed by atoms with E-state index >= 15 is 0 Å². The quantitative estimate of drug-likeness (QED) is 0.734.